The van der Waals surface area contributed by atoms with Crippen LogP contribution < -0.4 is 4.74 Å². The molecule has 1 aliphatic heterocycles. The summed E-state index contributed by atoms with van der Waals surface area (Å²) in [5, 5.41) is 0. The summed E-state index contributed by atoms with van der Waals surface area (Å²) in [7, 11) is 9.16. The minimum atomic E-state index is -1.42. The van der Waals surface area contributed by atoms with Gasteiger partial charge in [-0.05, 0) is 0 Å². The first-order valence-corrected chi connectivity index (χ1v) is 14.4. The van der Waals surface area contributed by atoms with Crippen LogP contribution in [0.5, 0.6) is 5.75 Å². The Bertz CT molecular complexity index is 903. The Kier molecular flexibility index (Phi) is 7.64. The molecule has 1 aliphatic rings. The van der Waals surface area contributed by atoms with Crippen LogP contribution in [0, 0.1) is 7.14 Å². The predicted octanol–water partition coefficient (Wildman–Crippen LogP) is 3.50. The second-order valence-electron chi connectivity index (χ2n) is 7.64. The van der Waals surface area contributed by atoms with Gasteiger partial charge in [0.1, 0.15) is 0 Å². The maximum atomic E-state index is 12.0. The van der Waals surface area contributed by atoms with Crippen molar-refractivity contribution in [3.05, 3.63) is 61.2 Å². The van der Waals surface area contributed by atoms with E-state index in [9.17, 15) is 4.79 Å². The molecule has 2 aromatic rings. The number of alkyl halides is 1. The number of aliphatic imine (C=N–C) groups is 1. The number of hydrogen-bond acceptors (Lipinski definition) is 3. The molecule has 0 atom stereocenters. The number of urea groups is 1. The molecule has 1 heterocycles. The molecule has 0 aromatic heterocycles. The number of halogens is 1. The van der Waals surface area contributed by atoms with Gasteiger partial charge in [0.15, 0.2) is 0 Å². The average molecular weight is 537 g/mol. The Hall–Kier alpha value is -2.49. The molecule has 0 spiro atoms. The molecule has 168 valence electrons. The van der Waals surface area contributed by atoms with E-state index in [0.29, 0.717) is 13.3 Å². The Labute approximate surface area is 192 Å². The fourth-order valence-corrected chi connectivity index (χ4v) is 7.25. The topological polar surface area (TPSA) is 51.6 Å². The molecule has 0 N–H and O–H groups in total. The van der Waals surface area contributed by atoms with E-state index in [2.05, 4.69) is 56.1 Å². The Morgan fingerprint density at radius 1 is 1.03 bits per heavy atom. The van der Waals surface area contributed by atoms with Gasteiger partial charge in [-0.3, -0.25) is 0 Å². The number of ether oxygens (including phenoxy) is 1. The number of rotatable bonds is 5. The van der Waals surface area contributed by atoms with Crippen molar-refractivity contribution in [3.8, 4) is 5.75 Å². The van der Waals surface area contributed by atoms with Crippen molar-refractivity contribution in [2.24, 2.45) is 4.99 Å². The van der Waals surface area contributed by atoms with Gasteiger partial charge in [-0.15, -0.1) is 0 Å². The summed E-state index contributed by atoms with van der Waals surface area (Å²) < 4.78 is 8.13. The molecule has 0 saturated carbocycles. The van der Waals surface area contributed by atoms with Gasteiger partial charge in [0, 0.05) is 0 Å². The average Bonchev–Trinajstić information content (AvgIpc) is 2.78. The van der Waals surface area contributed by atoms with E-state index in [1.54, 1.807) is 24.0 Å². The zero-order valence-corrected chi connectivity index (χ0v) is 21.3. The molecule has 2 aromatic carbocycles. The van der Waals surface area contributed by atoms with Crippen molar-refractivity contribution < 1.29 is 9.53 Å². The Morgan fingerprint density at radius 3 is 2.03 bits per heavy atom. The summed E-state index contributed by atoms with van der Waals surface area (Å²) in [6.45, 7) is 1.82. The summed E-state index contributed by atoms with van der Waals surface area (Å²) in [4.78, 5) is 26.5. The second-order valence-corrected chi connectivity index (χ2v) is 12.8. The van der Waals surface area contributed by atoms with E-state index in [4.69, 9.17) is 4.74 Å². The van der Waals surface area contributed by atoms with Crippen LogP contribution in [0.4, 0.5) is 4.79 Å². The summed E-state index contributed by atoms with van der Waals surface area (Å²) in [5.74, 6) is 1.77. The third-order valence-electron chi connectivity index (χ3n) is 5.28. The van der Waals surface area contributed by atoms with Crippen LogP contribution in [0.2, 0.25) is 0 Å². The SMILES string of the molecule is CN=C(N(C)Cc1ccc(I(C)c2ccc(OC)cc2)cc1)N1CN(C)C(=O)N(C)C1. The maximum absolute atomic E-state index is 12.0. The van der Waals surface area contributed by atoms with Crippen LogP contribution >= 0.6 is 19.8 Å². The fourth-order valence-electron chi connectivity index (χ4n) is 3.66. The van der Waals surface area contributed by atoms with Crippen LogP contribution in [0.3, 0.4) is 0 Å². The number of hydrogen-bond donors (Lipinski definition) is 0. The second kappa shape index (κ2) is 10.2. The van der Waals surface area contributed by atoms with Gasteiger partial charge in [0.25, 0.3) is 0 Å². The van der Waals surface area contributed by atoms with Crippen molar-refractivity contribution in [2.45, 2.75) is 6.54 Å². The molecule has 1 fully saturated rings. The summed E-state index contributed by atoms with van der Waals surface area (Å²) in [6, 6.07) is 17.5. The van der Waals surface area contributed by atoms with Gasteiger partial charge >= 0.3 is 193 Å². The molecular formula is C23H32IN5O2. The normalized spacial score (nSPS) is 15.3. The van der Waals surface area contributed by atoms with Crippen molar-refractivity contribution in [2.75, 3.05) is 53.6 Å². The molecule has 31 heavy (non-hydrogen) atoms. The standard InChI is InChI=1S/C23H32IN5O2/c1-24(20-11-13-21(31-6)14-12-20)19-9-7-18(8-10-19)15-26(3)22(25-2)29-16-27(4)23(30)28(5)17-29/h7-14H,15-17H2,1-6H3. The first-order chi connectivity index (χ1) is 14.8. The van der Waals surface area contributed by atoms with Crippen molar-refractivity contribution in [1.82, 2.24) is 19.6 Å². The van der Waals surface area contributed by atoms with Crippen LogP contribution in [-0.4, -0.2) is 85.2 Å². The van der Waals surface area contributed by atoms with Gasteiger partial charge in [0.05, 0.1) is 0 Å². The summed E-state index contributed by atoms with van der Waals surface area (Å²) in [6.07, 6.45) is 0. The molecule has 0 aliphatic carbocycles. The molecule has 7 nitrogen and oxygen atoms in total. The number of amides is 2. The fraction of sp³-hybridized carbons (Fsp3) is 0.391. The van der Waals surface area contributed by atoms with Gasteiger partial charge in [-0.25, -0.2) is 0 Å². The zero-order valence-electron chi connectivity index (χ0n) is 19.2. The van der Waals surface area contributed by atoms with Crippen LogP contribution in [0.25, 0.3) is 0 Å². The van der Waals surface area contributed by atoms with Crippen molar-refractivity contribution in [1.29, 1.82) is 0 Å². The predicted molar refractivity (Wildman–Crippen MR) is 134 cm³/mol. The number of nitrogens with zero attached hydrogens (tertiary/aromatic N) is 5. The molecule has 0 bridgehead atoms. The molecule has 1 saturated heterocycles. The summed E-state index contributed by atoms with van der Waals surface area (Å²) in [5.41, 5.74) is 1.24. The molecule has 2 amide bonds. The van der Waals surface area contributed by atoms with Crippen LogP contribution in [0.1, 0.15) is 5.56 Å². The number of guanidine groups is 1. The Balaban J connectivity index is 1.66. The third-order valence-corrected chi connectivity index (χ3v) is 10.5. The number of carbonyl (C=O) groups excluding carboxylic acids is 1. The van der Waals surface area contributed by atoms with E-state index in [1.165, 1.54) is 12.7 Å². The van der Waals surface area contributed by atoms with E-state index < -0.39 is 19.8 Å². The zero-order chi connectivity index (χ0) is 22.5. The van der Waals surface area contributed by atoms with E-state index in [-0.39, 0.29) is 6.03 Å². The monoisotopic (exact) mass is 537 g/mol. The minimum absolute atomic E-state index is 0.0284. The van der Waals surface area contributed by atoms with Gasteiger partial charge in [-0.2, -0.15) is 0 Å². The van der Waals surface area contributed by atoms with Crippen LogP contribution in [-0.2, 0) is 6.54 Å². The van der Waals surface area contributed by atoms with Gasteiger partial charge in [-0.1, -0.05) is 0 Å². The quantitative estimate of drug-likeness (QED) is 0.254. The van der Waals surface area contributed by atoms with Gasteiger partial charge < -0.3 is 0 Å². The number of methoxy groups -OCH3 is 1. The van der Waals surface area contributed by atoms with E-state index in [1.807, 2.05) is 33.3 Å². The molecular weight excluding hydrogens is 505 g/mol. The number of carbonyl (C=O) groups is 1. The van der Waals surface area contributed by atoms with E-state index in [0.717, 1.165) is 18.3 Å². The first kappa shape index (κ1) is 23.2. The first-order valence-electron chi connectivity index (χ1n) is 10.1. The number of benzene rings is 2. The van der Waals surface area contributed by atoms with E-state index >= 15 is 0 Å². The summed E-state index contributed by atoms with van der Waals surface area (Å²) >= 11 is -1.42. The van der Waals surface area contributed by atoms with Gasteiger partial charge in [0.2, 0.25) is 0 Å². The molecule has 0 radical (unpaired) electrons. The van der Waals surface area contributed by atoms with Crippen LogP contribution in [0.15, 0.2) is 53.5 Å². The van der Waals surface area contributed by atoms with Crippen molar-refractivity contribution >= 4 is 31.8 Å². The Morgan fingerprint density at radius 2 is 1.55 bits per heavy atom. The molecule has 3 rings (SSSR count). The third kappa shape index (κ3) is 5.41. The molecule has 0 unspecified atom stereocenters. The van der Waals surface area contributed by atoms with Crippen molar-refractivity contribution in [3.63, 3.8) is 0 Å². The molecule has 8 heteroatoms.